The van der Waals surface area contributed by atoms with Gasteiger partial charge in [-0.15, -0.1) is 0 Å². The van der Waals surface area contributed by atoms with Crippen molar-refractivity contribution >= 4 is 11.9 Å². The highest BCUT2D eigenvalue weighted by molar-refractivity contribution is 5.78. The molecule has 1 fully saturated rings. The molecule has 8 heteroatoms. The predicted octanol–water partition coefficient (Wildman–Crippen LogP) is 1.99. The summed E-state index contributed by atoms with van der Waals surface area (Å²) in [5, 5.41) is 12.0. The second-order valence-electron chi connectivity index (χ2n) is 6.69. The largest absolute Gasteiger partial charge is 0.481 e. The zero-order valence-corrected chi connectivity index (χ0v) is 14.7. The van der Waals surface area contributed by atoms with Crippen molar-refractivity contribution < 1.29 is 28.2 Å². The van der Waals surface area contributed by atoms with E-state index < -0.39 is 18.5 Å². The van der Waals surface area contributed by atoms with Crippen molar-refractivity contribution in [2.75, 3.05) is 26.2 Å². The van der Waals surface area contributed by atoms with Crippen LogP contribution in [-0.2, 0) is 16.0 Å². The van der Waals surface area contributed by atoms with Gasteiger partial charge in [-0.25, -0.2) is 0 Å². The highest BCUT2D eigenvalue weighted by Crippen LogP contribution is 2.21. The molecule has 1 heterocycles. The third-order valence-corrected chi connectivity index (χ3v) is 4.34. The smallest absolute Gasteiger partial charge is 0.387 e. The topological polar surface area (TPSA) is 78.9 Å². The molecule has 1 aromatic carbocycles. The number of rotatable bonds is 8. The van der Waals surface area contributed by atoms with Crippen LogP contribution in [0.5, 0.6) is 5.75 Å². The number of aliphatic carboxylic acids is 1. The predicted molar refractivity (Wildman–Crippen MR) is 91.1 cm³/mol. The van der Waals surface area contributed by atoms with Gasteiger partial charge in [0, 0.05) is 19.6 Å². The van der Waals surface area contributed by atoms with Crippen LogP contribution in [0, 0.1) is 11.8 Å². The summed E-state index contributed by atoms with van der Waals surface area (Å²) in [5.41, 5.74) is 0.893. The van der Waals surface area contributed by atoms with E-state index in [-0.39, 0.29) is 24.1 Å². The van der Waals surface area contributed by atoms with Gasteiger partial charge in [-0.1, -0.05) is 19.1 Å². The first-order valence-corrected chi connectivity index (χ1v) is 8.59. The van der Waals surface area contributed by atoms with Gasteiger partial charge < -0.3 is 15.2 Å². The number of alkyl halides is 2. The lowest BCUT2D eigenvalue weighted by Crippen LogP contribution is -2.47. The molecule has 0 radical (unpaired) electrons. The van der Waals surface area contributed by atoms with Gasteiger partial charge in [-0.3, -0.25) is 14.5 Å². The Bertz CT molecular complexity index is 610. The number of hydrogen-bond acceptors (Lipinski definition) is 4. The number of likely N-dealkylation sites (tertiary alicyclic amines) is 1. The van der Waals surface area contributed by atoms with Gasteiger partial charge in [-0.2, -0.15) is 8.78 Å². The van der Waals surface area contributed by atoms with E-state index in [1.165, 1.54) is 12.1 Å². The number of carbonyl (C=O) groups excluding carboxylic acids is 1. The monoisotopic (exact) mass is 370 g/mol. The summed E-state index contributed by atoms with van der Waals surface area (Å²) in [6, 6.07) is 6.27. The van der Waals surface area contributed by atoms with Gasteiger partial charge in [0.1, 0.15) is 5.75 Å². The van der Waals surface area contributed by atoms with E-state index in [0.29, 0.717) is 32.5 Å². The number of carbonyl (C=O) groups is 2. The van der Waals surface area contributed by atoms with Gasteiger partial charge in [0.25, 0.3) is 0 Å². The van der Waals surface area contributed by atoms with E-state index in [0.717, 1.165) is 5.56 Å². The molecular formula is C18H24F2N2O4. The van der Waals surface area contributed by atoms with Crippen molar-refractivity contribution in [3.8, 4) is 5.75 Å². The number of nitrogens with zero attached hydrogens (tertiary/aromatic N) is 1. The second kappa shape index (κ2) is 9.47. The summed E-state index contributed by atoms with van der Waals surface area (Å²) in [6.07, 6.45) is 1.20. The van der Waals surface area contributed by atoms with Crippen LogP contribution in [0.25, 0.3) is 0 Å². The fraction of sp³-hybridized carbons (Fsp3) is 0.556. The van der Waals surface area contributed by atoms with Crippen molar-refractivity contribution in [2.45, 2.75) is 26.4 Å². The Morgan fingerprint density at radius 2 is 2.00 bits per heavy atom. The summed E-state index contributed by atoms with van der Waals surface area (Å²) < 4.78 is 28.5. The van der Waals surface area contributed by atoms with E-state index in [2.05, 4.69) is 10.1 Å². The van der Waals surface area contributed by atoms with Gasteiger partial charge in [-0.05, 0) is 36.5 Å². The fourth-order valence-corrected chi connectivity index (χ4v) is 3.21. The van der Waals surface area contributed by atoms with Crippen LogP contribution < -0.4 is 10.1 Å². The molecule has 1 aliphatic rings. The van der Waals surface area contributed by atoms with Gasteiger partial charge in [0.05, 0.1) is 12.5 Å². The number of hydrogen-bond donors (Lipinski definition) is 2. The van der Waals surface area contributed by atoms with E-state index in [9.17, 15) is 18.4 Å². The van der Waals surface area contributed by atoms with E-state index in [1.54, 1.807) is 12.1 Å². The third kappa shape index (κ3) is 6.59. The Kier molecular flexibility index (Phi) is 7.32. The number of carboxylic acids is 1. The van der Waals surface area contributed by atoms with Crippen LogP contribution in [0.3, 0.4) is 0 Å². The minimum Gasteiger partial charge on any atom is -0.481 e. The van der Waals surface area contributed by atoms with Crippen LogP contribution in [0.4, 0.5) is 8.78 Å². The van der Waals surface area contributed by atoms with E-state index in [4.69, 9.17) is 5.11 Å². The standard InChI is InChI=1S/C18H24F2N2O4/c1-12-8-14(17(24)25)10-22(9-12)11-16(23)21-7-6-13-2-4-15(5-3-13)26-18(19)20/h2-5,12,14,18H,6-11H2,1H3,(H,21,23)(H,24,25). The Morgan fingerprint density at radius 1 is 1.31 bits per heavy atom. The van der Waals surface area contributed by atoms with E-state index in [1.807, 2.05) is 11.8 Å². The molecule has 1 aromatic rings. The summed E-state index contributed by atoms with van der Waals surface area (Å²) in [5.74, 6) is -1.06. The Morgan fingerprint density at radius 3 is 2.62 bits per heavy atom. The fourth-order valence-electron chi connectivity index (χ4n) is 3.21. The van der Waals surface area contributed by atoms with E-state index >= 15 is 0 Å². The zero-order valence-electron chi connectivity index (χ0n) is 14.7. The van der Waals surface area contributed by atoms with Gasteiger partial charge in [0.2, 0.25) is 5.91 Å². The molecule has 0 saturated carbocycles. The molecule has 2 N–H and O–H groups in total. The molecule has 6 nitrogen and oxygen atoms in total. The molecule has 144 valence electrons. The first kappa shape index (κ1) is 20.1. The van der Waals surface area contributed by atoms with Gasteiger partial charge >= 0.3 is 12.6 Å². The number of piperidine rings is 1. The SMILES string of the molecule is CC1CC(C(=O)O)CN(CC(=O)NCCc2ccc(OC(F)F)cc2)C1. The molecule has 26 heavy (non-hydrogen) atoms. The number of carboxylic acid groups (broad SMARTS) is 1. The van der Waals surface area contributed by atoms with Crippen molar-refractivity contribution in [3.63, 3.8) is 0 Å². The lowest BCUT2D eigenvalue weighted by Gasteiger charge is -2.34. The average molecular weight is 370 g/mol. The highest BCUT2D eigenvalue weighted by Gasteiger charge is 2.30. The molecule has 0 aliphatic carbocycles. The number of nitrogens with one attached hydrogen (secondary N) is 1. The maximum atomic E-state index is 12.1. The normalized spacial score (nSPS) is 20.8. The Hall–Kier alpha value is -2.22. The first-order chi connectivity index (χ1) is 12.3. The Balaban J connectivity index is 1.72. The maximum absolute atomic E-state index is 12.1. The molecule has 2 atom stereocenters. The summed E-state index contributed by atoms with van der Waals surface area (Å²) >= 11 is 0. The second-order valence-corrected chi connectivity index (χ2v) is 6.69. The third-order valence-electron chi connectivity index (χ3n) is 4.34. The van der Waals surface area contributed by atoms with Crippen molar-refractivity contribution in [3.05, 3.63) is 29.8 Å². The van der Waals surface area contributed by atoms with Crippen LogP contribution in [-0.4, -0.2) is 54.7 Å². The lowest BCUT2D eigenvalue weighted by atomic mass is 9.90. The highest BCUT2D eigenvalue weighted by atomic mass is 19.3. The molecule has 0 spiro atoms. The molecule has 1 aliphatic heterocycles. The molecule has 2 unspecified atom stereocenters. The lowest BCUT2D eigenvalue weighted by molar-refractivity contribution is -0.145. The molecule has 1 amide bonds. The number of amides is 1. The average Bonchev–Trinajstić information content (AvgIpc) is 2.55. The van der Waals surface area contributed by atoms with Crippen molar-refractivity contribution in [1.29, 1.82) is 0 Å². The zero-order chi connectivity index (χ0) is 19.1. The number of benzene rings is 1. The molecule has 0 aromatic heterocycles. The number of halogens is 2. The van der Waals surface area contributed by atoms with Crippen LogP contribution in [0.2, 0.25) is 0 Å². The summed E-state index contributed by atoms with van der Waals surface area (Å²) in [7, 11) is 0. The molecule has 0 bridgehead atoms. The molecule has 1 saturated heterocycles. The number of ether oxygens (including phenoxy) is 1. The van der Waals surface area contributed by atoms with Crippen LogP contribution in [0.15, 0.2) is 24.3 Å². The molecule has 2 rings (SSSR count). The Labute approximate surface area is 151 Å². The van der Waals surface area contributed by atoms with Crippen molar-refractivity contribution in [1.82, 2.24) is 10.2 Å². The molecular weight excluding hydrogens is 346 g/mol. The minimum atomic E-state index is -2.85. The summed E-state index contributed by atoms with van der Waals surface area (Å²) in [4.78, 5) is 25.1. The first-order valence-electron chi connectivity index (χ1n) is 8.59. The summed E-state index contributed by atoms with van der Waals surface area (Å²) in [6.45, 7) is 0.830. The minimum absolute atomic E-state index is 0.0972. The van der Waals surface area contributed by atoms with Crippen molar-refractivity contribution in [2.24, 2.45) is 11.8 Å². The van der Waals surface area contributed by atoms with Gasteiger partial charge in [0.15, 0.2) is 0 Å². The van der Waals surface area contributed by atoms with Crippen LogP contribution >= 0.6 is 0 Å². The maximum Gasteiger partial charge on any atom is 0.387 e. The quantitative estimate of drug-likeness (QED) is 0.732. The van der Waals surface area contributed by atoms with Crippen LogP contribution in [0.1, 0.15) is 18.9 Å².